The van der Waals surface area contributed by atoms with Gasteiger partial charge in [0.1, 0.15) is 5.60 Å². The van der Waals surface area contributed by atoms with Gasteiger partial charge in [-0.15, -0.1) is 0 Å². The second kappa shape index (κ2) is 6.44. The molecule has 0 aromatic rings. The van der Waals surface area contributed by atoms with Crippen molar-refractivity contribution in [3.63, 3.8) is 0 Å². The van der Waals surface area contributed by atoms with Gasteiger partial charge in [-0.1, -0.05) is 26.2 Å². The van der Waals surface area contributed by atoms with Crippen molar-refractivity contribution >= 4 is 17.7 Å². The second-order valence-electron chi connectivity index (χ2n) is 7.71. The molecule has 1 saturated carbocycles. The van der Waals surface area contributed by atoms with Crippen LogP contribution in [0, 0.1) is 0 Å². The lowest BCUT2D eigenvalue weighted by molar-refractivity contribution is -0.153. The molecule has 2 unspecified atom stereocenters. The maximum absolute atomic E-state index is 12.1. The Balaban J connectivity index is 1.61. The maximum Gasteiger partial charge on any atom is 0.331 e. The van der Waals surface area contributed by atoms with Crippen molar-refractivity contribution < 1.29 is 9.53 Å². The highest BCUT2D eigenvalue weighted by molar-refractivity contribution is 8.00. The highest BCUT2D eigenvalue weighted by atomic mass is 32.2. The van der Waals surface area contributed by atoms with Gasteiger partial charge in [-0.3, -0.25) is 4.90 Å². The zero-order valence-corrected chi connectivity index (χ0v) is 15.1. The first-order valence-corrected chi connectivity index (χ1v) is 10.5. The van der Waals surface area contributed by atoms with Crippen LogP contribution in [0.2, 0.25) is 0 Å². The molecule has 3 heterocycles. The number of rotatable bonds is 3. The van der Waals surface area contributed by atoms with E-state index in [4.69, 9.17) is 4.74 Å². The first kappa shape index (κ1) is 16.0. The fourth-order valence-electron chi connectivity index (χ4n) is 5.28. The van der Waals surface area contributed by atoms with Crippen molar-refractivity contribution in [3.05, 3.63) is 11.6 Å². The summed E-state index contributed by atoms with van der Waals surface area (Å²) in [5, 5.41) is 1.48. The van der Waals surface area contributed by atoms with E-state index >= 15 is 0 Å². The van der Waals surface area contributed by atoms with Gasteiger partial charge in [0, 0.05) is 23.1 Å². The van der Waals surface area contributed by atoms with Crippen molar-refractivity contribution in [3.8, 4) is 0 Å². The summed E-state index contributed by atoms with van der Waals surface area (Å²) >= 11 is 2.21. The van der Waals surface area contributed by atoms with Gasteiger partial charge in [-0.25, -0.2) is 4.79 Å². The van der Waals surface area contributed by atoms with E-state index in [1.165, 1.54) is 63.6 Å². The summed E-state index contributed by atoms with van der Waals surface area (Å²) in [7, 11) is 0. The van der Waals surface area contributed by atoms with Gasteiger partial charge in [-0.05, 0) is 50.6 Å². The van der Waals surface area contributed by atoms with Crippen LogP contribution in [0.3, 0.4) is 0 Å². The molecule has 0 N–H and O–H groups in total. The van der Waals surface area contributed by atoms with Crippen molar-refractivity contribution in [2.75, 3.05) is 13.1 Å². The van der Waals surface area contributed by atoms with Crippen LogP contribution in [0.15, 0.2) is 11.6 Å². The number of thioether (sulfide) groups is 1. The summed E-state index contributed by atoms with van der Waals surface area (Å²) in [6.45, 7) is 4.56. The topological polar surface area (TPSA) is 29.5 Å². The molecule has 0 amide bonds. The van der Waals surface area contributed by atoms with E-state index in [0.29, 0.717) is 11.3 Å². The average Bonchev–Trinajstić information content (AvgIpc) is 3.13. The Hall–Kier alpha value is -0.480. The third kappa shape index (κ3) is 2.86. The zero-order chi connectivity index (χ0) is 15.9. The zero-order valence-electron chi connectivity index (χ0n) is 14.3. The van der Waals surface area contributed by atoms with E-state index in [0.717, 1.165) is 18.1 Å². The molecular weight excluding hydrogens is 306 g/mol. The molecule has 4 rings (SSSR count). The average molecular weight is 336 g/mol. The molecule has 2 saturated heterocycles. The molecule has 128 valence electrons. The number of hydrogen-bond acceptors (Lipinski definition) is 4. The van der Waals surface area contributed by atoms with Gasteiger partial charge >= 0.3 is 5.97 Å². The minimum atomic E-state index is -0.317. The van der Waals surface area contributed by atoms with Gasteiger partial charge in [0.25, 0.3) is 0 Å². The lowest BCUT2D eigenvalue weighted by atomic mass is 9.79. The highest BCUT2D eigenvalue weighted by Crippen LogP contribution is 2.47. The van der Waals surface area contributed by atoms with E-state index < -0.39 is 0 Å². The van der Waals surface area contributed by atoms with Crippen LogP contribution in [-0.2, 0) is 9.53 Å². The minimum absolute atomic E-state index is 0.0983. The maximum atomic E-state index is 12.1. The third-order valence-corrected chi connectivity index (χ3v) is 7.93. The van der Waals surface area contributed by atoms with Crippen molar-refractivity contribution in [2.45, 2.75) is 86.9 Å². The number of fused-ring (bicyclic) bond motifs is 3. The SMILES string of the molecule is CCC12OC(=O)C=C1CC(SC1CCCC1)CN1CCCC[C@@H]12. The number of carbonyl (C=O) groups is 1. The fraction of sp³-hybridized carbons (Fsp3) is 0.842. The van der Waals surface area contributed by atoms with E-state index in [9.17, 15) is 4.79 Å². The molecule has 0 bridgehead atoms. The Morgan fingerprint density at radius 3 is 2.78 bits per heavy atom. The first-order valence-electron chi connectivity index (χ1n) is 9.55. The predicted octanol–water partition coefficient (Wildman–Crippen LogP) is 3.92. The predicted molar refractivity (Wildman–Crippen MR) is 94.7 cm³/mol. The summed E-state index contributed by atoms with van der Waals surface area (Å²) in [5.74, 6) is -0.0983. The summed E-state index contributed by atoms with van der Waals surface area (Å²) in [6.07, 6.45) is 13.1. The lowest BCUT2D eigenvalue weighted by Crippen LogP contribution is -2.55. The molecule has 3 nitrogen and oxygen atoms in total. The van der Waals surface area contributed by atoms with Crippen LogP contribution in [0.5, 0.6) is 0 Å². The molecule has 3 atom stereocenters. The number of piperidine rings is 1. The molecule has 23 heavy (non-hydrogen) atoms. The summed E-state index contributed by atoms with van der Waals surface area (Å²) < 4.78 is 5.99. The summed E-state index contributed by atoms with van der Waals surface area (Å²) in [5.41, 5.74) is 0.984. The molecule has 0 spiro atoms. The third-order valence-electron chi connectivity index (χ3n) is 6.37. The van der Waals surface area contributed by atoms with E-state index in [1.807, 2.05) is 6.08 Å². The van der Waals surface area contributed by atoms with Crippen LogP contribution < -0.4 is 0 Å². The quantitative estimate of drug-likeness (QED) is 0.731. The largest absolute Gasteiger partial charge is 0.450 e. The normalized spacial score (nSPS) is 38.7. The Bertz CT molecular complexity index is 500. The van der Waals surface area contributed by atoms with Crippen LogP contribution in [0.25, 0.3) is 0 Å². The van der Waals surface area contributed by atoms with Crippen LogP contribution in [0.1, 0.15) is 64.7 Å². The summed E-state index contributed by atoms with van der Waals surface area (Å²) in [6, 6.07) is 0.410. The Morgan fingerprint density at radius 1 is 1.22 bits per heavy atom. The Morgan fingerprint density at radius 2 is 2.00 bits per heavy atom. The molecule has 0 radical (unpaired) electrons. The van der Waals surface area contributed by atoms with Gasteiger partial charge in [-0.2, -0.15) is 11.8 Å². The van der Waals surface area contributed by atoms with Gasteiger partial charge in [0.2, 0.25) is 0 Å². The molecule has 4 heteroatoms. The van der Waals surface area contributed by atoms with Crippen molar-refractivity contribution in [1.29, 1.82) is 0 Å². The summed E-state index contributed by atoms with van der Waals surface area (Å²) in [4.78, 5) is 14.8. The first-order chi connectivity index (χ1) is 11.2. The number of ether oxygens (including phenoxy) is 1. The number of hydrogen-bond donors (Lipinski definition) is 0. The molecule has 1 aliphatic carbocycles. The monoisotopic (exact) mass is 335 g/mol. The van der Waals surface area contributed by atoms with Crippen molar-refractivity contribution in [1.82, 2.24) is 4.90 Å². The molecule has 3 fully saturated rings. The lowest BCUT2D eigenvalue weighted by Gasteiger charge is -2.44. The van der Waals surface area contributed by atoms with E-state index in [2.05, 4.69) is 23.6 Å². The Kier molecular flexibility index (Phi) is 4.48. The fourth-order valence-corrected chi connectivity index (χ4v) is 6.99. The van der Waals surface area contributed by atoms with E-state index in [-0.39, 0.29) is 11.6 Å². The molecule has 4 aliphatic rings. The van der Waals surface area contributed by atoms with Gasteiger partial charge in [0.15, 0.2) is 0 Å². The smallest absolute Gasteiger partial charge is 0.331 e. The van der Waals surface area contributed by atoms with Crippen LogP contribution in [-0.4, -0.2) is 46.1 Å². The standard InChI is InChI=1S/C19H29NO2S/c1-2-19-14(12-18(21)22-19)11-16(23-15-7-3-4-8-15)13-20-10-6-5-9-17(19)20/h12,15-17H,2-11,13H2,1H3/t16?,17-,19?/m1/s1. The molecular formula is C19H29NO2S. The minimum Gasteiger partial charge on any atom is -0.450 e. The number of esters is 1. The molecule has 0 aromatic carbocycles. The number of nitrogens with zero attached hydrogens (tertiary/aromatic N) is 1. The Labute approximate surface area is 144 Å². The highest BCUT2D eigenvalue weighted by Gasteiger charge is 2.53. The number of carbonyl (C=O) groups excluding carboxylic acids is 1. The van der Waals surface area contributed by atoms with Crippen molar-refractivity contribution in [2.24, 2.45) is 0 Å². The molecule has 0 aromatic heterocycles. The van der Waals surface area contributed by atoms with Crippen LogP contribution >= 0.6 is 11.8 Å². The second-order valence-corrected chi connectivity index (χ2v) is 9.31. The van der Waals surface area contributed by atoms with Gasteiger partial charge in [0.05, 0.1) is 6.04 Å². The molecule has 3 aliphatic heterocycles. The van der Waals surface area contributed by atoms with Crippen LogP contribution in [0.4, 0.5) is 0 Å². The van der Waals surface area contributed by atoms with E-state index in [1.54, 1.807) is 0 Å². The van der Waals surface area contributed by atoms with Gasteiger partial charge < -0.3 is 4.74 Å².